The summed E-state index contributed by atoms with van der Waals surface area (Å²) in [6.07, 6.45) is 1.99. The Bertz CT molecular complexity index is 612. The smallest absolute Gasteiger partial charge is 0.119 e. The molecule has 0 saturated heterocycles. The molecule has 0 aliphatic heterocycles. The minimum Gasteiger partial charge on any atom is -0.508 e. The van der Waals surface area contributed by atoms with Gasteiger partial charge < -0.3 is 10.4 Å². The zero-order valence-electron chi connectivity index (χ0n) is 11.6. The minimum atomic E-state index is 0.302. The van der Waals surface area contributed by atoms with E-state index < -0.39 is 0 Å². The molecule has 20 heavy (non-hydrogen) atoms. The molecule has 3 heteroatoms. The van der Waals surface area contributed by atoms with E-state index in [9.17, 15) is 5.11 Å². The summed E-state index contributed by atoms with van der Waals surface area (Å²) in [5.41, 5.74) is 3.53. The van der Waals surface area contributed by atoms with Gasteiger partial charge in [-0.1, -0.05) is 31.2 Å². The van der Waals surface area contributed by atoms with E-state index in [-0.39, 0.29) is 0 Å². The van der Waals surface area contributed by atoms with Gasteiger partial charge in [0, 0.05) is 10.6 Å². The zero-order valence-corrected chi connectivity index (χ0v) is 12.4. The number of phenolic OH excluding ortho intramolecular Hbond substituents is 1. The normalized spacial score (nSPS) is 16.9. The summed E-state index contributed by atoms with van der Waals surface area (Å²) in [4.78, 5) is 1.30. The highest BCUT2D eigenvalue weighted by Gasteiger charge is 2.24. The summed E-state index contributed by atoms with van der Waals surface area (Å²) in [7, 11) is 0. The molecule has 0 saturated carbocycles. The van der Waals surface area contributed by atoms with Crippen molar-refractivity contribution in [2.24, 2.45) is 0 Å². The monoisotopic (exact) mass is 285 g/mol. The SMILES string of the molecule is CCSc1ccccc1NC1CCc2c(O)cccc21. The van der Waals surface area contributed by atoms with E-state index in [0.717, 1.165) is 24.2 Å². The number of aromatic hydroxyl groups is 1. The van der Waals surface area contributed by atoms with Crippen molar-refractivity contribution in [2.45, 2.75) is 30.7 Å². The molecule has 0 bridgehead atoms. The molecule has 104 valence electrons. The van der Waals surface area contributed by atoms with Gasteiger partial charge in [-0.25, -0.2) is 0 Å². The third-order valence-corrected chi connectivity index (χ3v) is 4.72. The van der Waals surface area contributed by atoms with E-state index in [0.29, 0.717) is 11.8 Å². The third kappa shape index (κ3) is 2.50. The van der Waals surface area contributed by atoms with Crippen molar-refractivity contribution in [3.05, 3.63) is 53.6 Å². The van der Waals surface area contributed by atoms with Crippen LogP contribution in [-0.4, -0.2) is 10.9 Å². The largest absolute Gasteiger partial charge is 0.508 e. The fourth-order valence-electron chi connectivity index (χ4n) is 2.84. The van der Waals surface area contributed by atoms with E-state index in [2.05, 4.69) is 42.6 Å². The van der Waals surface area contributed by atoms with E-state index in [1.165, 1.54) is 16.1 Å². The quantitative estimate of drug-likeness (QED) is 0.805. The fraction of sp³-hybridized carbons (Fsp3) is 0.294. The predicted molar refractivity (Wildman–Crippen MR) is 85.6 cm³/mol. The second kappa shape index (κ2) is 5.80. The number of phenols is 1. The summed E-state index contributed by atoms with van der Waals surface area (Å²) in [5.74, 6) is 1.50. The van der Waals surface area contributed by atoms with Crippen molar-refractivity contribution >= 4 is 17.4 Å². The molecule has 0 spiro atoms. The van der Waals surface area contributed by atoms with Crippen molar-refractivity contribution in [1.29, 1.82) is 0 Å². The first-order chi connectivity index (χ1) is 9.79. The lowest BCUT2D eigenvalue weighted by Gasteiger charge is -2.18. The van der Waals surface area contributed by atoms with Crippen LogP contribution in [0.3, 0.4) is 0 Å². The number of para-hydroxylation sites is 1. The Labute approximate surface area is 124 Å². The van der Waals surface area contributed by atoms with Crippen LogP contribution < -0.4 is 5.32 Å². The van der Waals surface area contributed by atoms with E-state index >= 15 is 0 Å². The lowest BCUT2D eigenvalue weighted by atomic mass is 10.1. The van der Waals surface area contributed by atoms with Crippen LogP contribution in [0.2, 0.25) is 0 Å². The fourth-order valence-corrected chi connectivity index (χ4v) is 3.61. The summed E-state index contributed by atoms with van der Waals surface area (Å²) < 4.78 is 0. The zero-order chi connectivity index (χ0) is 13.9. The molecule has 0 aromatic heterocycles. The average molecular weight is 285 g/mol. The molecule has 1 aliphatic carbocycles. The Balaban J connectivity index is 1.86. The standard InChI is InChI=1S/C17H19NOS/c1-2-20-17-9-4-3-7-15(17)18-14-11-10-13-12(14)6-5-8-16(13)19/h3-9,14,18-19H,2,10-11H2,1H3. The summed E-state index contributed by atoms with van der Waals surface area (Å²) in [5, 5.41) is 13.6. The molecule has 1 unspecified atom stereocenters. The van der Waals surface area contributed by atoms with Gasteiger partial charge in [-0.2, -0.15) is 0 Å². The molecule has 0 amide bonds. The average Bonchev–Trinajstić information content (AvgIpc) is 2.86. The van der Waals surface area contributed by atoms with Crippen LogP contribution >= 0.6 is 11.8 Å². The highest BCUT2D eigenvalue weighted by atomic mass is 32.2. The maximum atomic E-state index is 9.92. The molecule has 2 aromatic carbocycles. The number of anilines is 1. The number of nitrogens with one attached hydrogen (secondary N) is 1. The van der Waals surface area contributed by atoms with Crippen LogP contribution in [-0.2, 0) is 6.42 Å². The van der Waals surface area contributed by atoms with Crippen LogP contribution in [0.1, 0.15) is 30.5 Å². The lowest BCUT2D eigenvalue weighted by Crippen LogP contribution is -2.07. The van der Waals surface area contributed by atoms with Gasteiger partial charge in [0.05, 0.1) is 6.04 Å². The Morgan fingerprint density at radius 3 is 2.90 bits per heavy atom. The van der Waals surface area contributed by atoms with E-state index in [1.54, 1.807) is 6.07 Å². The number of rotatable bonds is 4. The first kappa shape index (κ1) is 13.4. The number of benzene rings is 2. The molecule has 0 radical (unpaired) electrons. The van der Waals surface area contributed by atoms with Gasteiger partial charge in [-0.3, -0.25) is 0 Å². The second-order valence-electron chi connectivity index (χ2n) is 5.01. The van der Waals surface area contributed by atoms with Gasteiger partial charge in [0.1, 0.15) is 5.75 Å². The van der Waals surface area contributed by atoms with Crippen molar-refractivity contribution in [3.8, 4) is 5.75 Å². The summed E-state index contributed by atoms with van der Waals surface area (Å²) in [6.45, 7) is 2.17. The molecule has 2 nitrogen and oxygen atoms in total. The van der Waals surface area contributed by atoms with Crippen molar-refractivity contribution in [1.82, 2.24) is 0 Å². The minimum absolute atomic E-state index is 0.302. The van der Waals surface area contributed by atoms with Crippen molar-refractivity contribution in [2.75, 3.05) is 11.1 Å². The van der Waals surface area contributed by atoms with Crippen molar-refractivity contribution < 1.29 is 5.11 Å². The number of fused-ring (bicyclic) bond motifs is 1. The first-order valence-corrected chi connectivity index (χ1v) is 8.07. The topological polar surface area (TPSA) is 32.3 Å². The maximum Gasteiger partial charge on any atom is 0.119 e. The second-order valence-corrected chi connectivity index (χ2v) is 6.32. The Hall–Kier alpha value is -1.61. The Morgan fingerprint density at radius 2 is 2.05 bits per heavy atom. The summed E-state index contributed by atoms with van der Waals surface area (Å²) >= 11 is 1.86. The maximum absolute atomic E-state index is 9.92. The Kier molecular flexibility index (Phi) is 3.88. The third-order valence-electron chi connectivity index (χ3n) is 3.76. The van der Waals surface area contributed by atoms with Crippen molar-refractivity contribution in [3.63, 3.8) is 0 Å². The first-order valence-electron chi connectivity index (χ1n) is 7.08. The van der Waals surface area contributed by atoms with Crippen LogP contribution in [0.5, 0.6) is 5.75 Å². The number of hydrogen-bond donors (Lipinski definition) is 2. The number of hydrogen-bond acceptors (Lipinski definition) is 3. The molecule has 0 heterocycles. The number of thioether (sulfide) groups is 1. The summed E-state index contributed by atoms with van der Waals surface area (Å²) in [6, 6.07) is 14.6. The van der Waals surface area contributed by atoms with Gasteiger partial charge in [-0.15, -0.1) is 11.8 Å². The van der Waals surface area contributed by atoms with Crippen LogP contribution in [0, 0.1) is 0 Å². The molecular formula is C17H19NOS. The van der Waals surface area contributed by atoms with Crippen LogP contribution in [0.4, 0.5) is 5.69 Å². The highest BCUT2D eigenvalue weighted by molar-refractivity contribution is 7.99. The molecule has 1 aliphatic rings. The van der Waals surface area contributed by atoms with Gasteiger partial charge in [0.2, 0.25) is 0 Å². The molecule has 3 rings (SSSR count). The van der Waals surface area contributed by atoms with Crippen LogP contribution in [0.15, 0.2) is 47.4 Å². The van der Waals surface area contributed by atoms with E-state index in [1.807, 2.05) is 17.8 Å². The van der Waals surface area contributed by atoms with Gasteiger partial charge in [0.25, 0.3) is 0 Å². The van der Waals surface area contributed by atoms with Gasteiger partial charge >= 0.3 is 0 Å². The Morgan fingerprint density at radius 1 is 1.20 bits per heavy atom. The van der Waals surface area contributed by atoms with E-state index in [4.69, 9.17) is 0 Å². The predicted octanol–water partition coefficient (Wildman–Crippen LogP) is 4.60. The molecule has 0 fully saturated rings. The molecule has 2 N–H and O–H groups in total. The van der Waals surface area contributed by atoms with Gasteiger partial charge in [-0.05, 0) is 47.9 Å². The molecule has 2 aromatic rings. The van der Waals surface area contributed by atoms with Crippen LogP contribution in [0.25, 0.3) is 0 Å². The molecular weight excluding hydrogens is 266 g/mol. The van der Waals surface area contributed by atoms with Gasteiger partial charge in [0.15, 0.2) is 0 Å². The lowest BCUT2D eigenvalue weighted by molar-refractivity contribution is 0.469. The highest BCUT2D eigenvalue weighted by Crippen LogP contribution is 2.39. The molecule has 1 atom stereocenters.